The Morgan fingerprint density at radius 1 is 1.45 bits per heavy atom. The molecule has 1 amide bonds. The minimum absolute atomic E-state index is 0. The Balaban J connectivity index is 0.00000176. The van der Waals surface area contributed by atoms with E-state index in [0.29, 0.717) is 0 Å². The van der Waals surface area contributed by atoms with Crippen LogP contribution in [0, 0.1) is 11.7 Å². The van der Waals surface area contributed by atoms with Crippen molar-refractivity contribution < 1.29 is 9.18 Å². The average Bonchev–Trinajstić information content (AvgIpc) is 2.72. The lowest BCUT2D eigenvalue weighted by Gasteiger charge is -2.30. The SMILES string of the molecule is CN1CCC(NC(=O)C2CNC2)C1c1ccc(Cl)c(F)c1.Cl. The van der Waals surface area contributed by atoms with Gasteiger partial charge in [0.05, 0.1) is 17.0 Å². The number of likely N-dealkylation sites (N-methyl/N-ethyl adjacent to an activating group) is 1. The highest BCUT2D eigenvalue weighted by molar-refractivity contribution is 6.30. The molecule has 0 bridgehead atoms. The normalized spacial score (nSPS) is 25.4. The minimum atomic E-state index is -0.414. The van der Waals surface area contributed by atoms with Gasteiger partial charge in [0.2, 0.25) is 5.91 Å². The number of rotatable bonds is 3. The molecule has 2 saturated heterocycles. The van der Waals surface area contributed by atoms with Gasteiger partial charge in [-0.05, 0) is 31.2 Å². The molecule has 2 atom stereocenters. The summed E-state index contributed by atoms with van der Waals surface area (Å²) < 4.78 is 13.7. The van der Waals surface area contributed by atoms with Gasteiger partial charge in [0.1, 0.15) is 5.82 Å². The van der Waals surface area contributed by atoms with Gasteiger partial charge in [0.15, 0.2) is 0 Å². The first-order valence-electron chi connectivity index (χ1n) is 7.22. The standard InChI is InChI=1S/C15H19ClFN3O.ClH/c1-20-5-4-13(19-15(21)10-7-18-8-10)14(20)9-2-3-11(16)12(17)6-9;/h2-3,6,10,13-14,18H,4-5,7-8H2,1H3,(H,19,21);1H. The fraction of sp³-hybridized carbons (Fsp3) is 0.533. The number of halogens is 3. The molecule has 122 valence electrons. The van der Waals surface area contributed by atoms with Crippen LogP contribution in [0.5, 0.6) is 0 Å². The summed E-state index contributed by atoms with van der Waals surface area (Å²) in [6.45, 7) is 2.37. The monoisotopic (exact) mass is 347 g/mol. The molecule has 22 heavy (non-hydrogen) atoms. The molecule has 2 fully saturated rings. The number of nitrogens with zero attached hydrogens (tertiary/aromatic N) is 1. The molecule has 7 heteroatoms. The number of nitrogens with one attached hydrogen (secondary N) is 2. The second-order valence-electron chi connectivity index (χ2n) is 5.86. The van der Waals surface area contributed by atoms with Gasteiger partial charge in [-0.3, -0.25) is 9.69 Å². The van der Waals surface area contributed by atoms with Crippen molar-refractivity contribution in [1.29, 1.82) is 0 Å². The molecule has 0 aromatic heterocycles. The highest BCUT2D eigenvalue weighted by atomic mass is 35.5. The lowest BCUT2D eigenvalue weighted by Crippen LogP contribution is -2.53. The van der Waals surface area contributed by atoms with Crippen LogP contribution in [-0.4, -0.2) is 43.5 Å². The Hall–Kier alpha value is -0.880. The van der Waals surface area contributed by atoms with Crippen molar-refractivity contribution in [3.63, 3.8) is 0 Å². The van der Waals surface area contributed by atoms with Crippen molar-refractivity contribution in [2.24, 2.45) is 5.92 Å². The summed E-state index contributed by atoms with van der Waals surface area (Å²) in [6.07, 6.45) is 0.872. The number of amides is 1. The largest absolute Gasteiger partial charge is 0.351 e. The molecule has 0 aliphatic carbocycles. The first-order chi connectivity index (χ1) is 10.1. The minimum Gasteiger partial charge on any atom is -0.351 e. The number of carbonyl (C=O) groups is 1. The maximum atomic E-state index is 13.7. The summed E-state index contributed by atoms with van der Waals surface area (Å²) in [6, 6.07) is 4.89. The average molecular weight is 348 g/mol. The van der Waals surface area contributed by atoms with Crippen LogP contribution in [0.25, 0.3) is 0 Å². The van der Waals surface area contributed by atoms with Crippen molar-refractivity contribution in [1.82, 2.24) is 15.5 Å². The van der Waals surface area contributed by atoms with E-state index in [-0.39, 0.29) is 41.3 Å². The van der Waals surface area contributed by atoms with Crippen molar-refractivity contribution in [3.8, 4) is 0 Å². The lowest BCUT2D eigenvalue weighted by atomic mass is 9.97. The number of likely N-dealkylation sites (tertiary alicyclic amines) is 1. The molecule has 3 rings (SSSR count). The van der Waals surface area contributed by atoms with Gasteiger partial charge >= 0.3 is 0 Å². The Labute approximate surface area is 140 Å². The second kappa shape index (κ2) is 7.13. The first-order valence-corrected chi connectivity index (χ1v) is 7.60. The van der Waals surface area contributed by atoms with Gasteiger partial charge in [-0.2, -0.15) is 0 Å². The highest BCUT2D eigenvalue weighted by Crippen LogP contribution is 2.32. The summed E-state index contributed by atoms with van der Waals surface area (Å²) in [5.74, 6) is -0.255. The summed E-state index contributed by atoms with van der Waals surface area (Å²) >= 11 is 5.75. The molecule has 2 unspecified atom stereocenters. The molecule has 1 aromatic carbocycles. The molecule has 1 aromatic rings. The third-order valence-electron chi connectivity index (χ3n) is 4.41. The van der Waals surface area contributed by atoms with E-state index in [1.165, 1.54) is 6.07 Å². The molecule has 2 N–H and O–H groups in total. The molecular weight excluding hydrogens is 328 g/mol. The van der Waals surface area contributed by atoms with Gasteiger partial charge in [-0.15, -0.1) is 12.4 Å². The Kier molecular flexibility index (Phi) is 5.66. The van der Waals surface area contributed by atoms with Crippen molar-refractivity contribution in [3.05, 3.63) is 34.6 Å². The van der Waals surface area contributed by atoms with Crippen molar-refractivity contribution >= 4 is 29.9 Å². The highest BCUT2D eigenvalue weighted by Gasteiger charge is 2.36. The summed E-state index contributed by atoms with van der Waals surface area (Å²) in [7, 11) is 1.99. The predicted octanol–water partition coefficient (Wildman–Crippen LogP) is 1.98. The fourth-order valence-electron chi connectivity index (χ4n) is 3.06. The van der Waals surface area contributed by atoms with Gasteiger partial charge in [-0.1, -0.05) is 17.7 Å². The van der Waals surface area contributed by atoms with E-state index in [0.717, 1.165) is 31.6 Å². The summed E-state index contributed by atoms with van der Waals surface area (Å²) in [4.78, 5) is 14.3. The zero-order valence-electron chi connectivity index (χ0n) is 12.3. The second-order valence-corrected chi connectivity index (χ2v) is 6.27. The number of hydrogen-bond acceptors (Lipinski definition) is 3. The quantitative estimate of drug-likeness (QED) is 0.878. The van der Waals surface area contributed by atoms with Gasteiger partial charge < -0.3 is 10.6 Å². The molecule has 4 nitrogen and oxygen atoms in total. The van der Waals surface area contributed by atoms with Crippen LogP contribution in [0.2, 0.25) is 5.02 Å². The van der Waals surface area contributed by atoms with Crippen LogP contribution < -0.4 is 10.6 Å². The molecule has 0 saturated carbocycles. The van der Waals surface area contributed by atoms with E-state index in [4.69, 9.17) is 11.6 Å². The number of carbonyl (C=O) groups excluding carboxylic acids is 1. The maximum Gasteiger partial charge on any atom is 0.225 e. The first kappa shape index (κ1) is 17.5. The van der Waals surface area contributed by atoms with Gasteiger partial charge in [-0.25, -0.2) is 4.39 Å². The van der Waals surface area contributed by atoms with E-state index in [1.54, 1.807) is 6.07 Å². The topological polar surface area (TPSA) is 44.4 Å². The molecule has 0 radical (unpaired) electrons. The van der Waals surface area contributed by atoms with Crippen molar-refractivity contribution in [2.75, 3.05) is 26.7 Å². The fourth-order valence-corrected chi connectivity index (χ4v) is 3.17. The smallest absolute Gasteiger partial charge is 0.225 e. The molecule has 2 heterocycles. The van der Waals surface area contributed by atoms with Crippen molar-refractivity contribution in [2.45, 2.75) is 18.5 Å². The molecule has 0 spiro atoms. The molecule has 2 aliphatic heterocycles. The summed E-state index contributed by atoms with van der Waals surface area (Å²) in [5, 5.41) is 6.34. The Morgan fingerprint density at radius 3 is 2.77 bits per heavy atom. The van der Waals surface area contributed by atoms with Crippen LogP contribution in [0.3, 0.4) is 0 Å². The van der Waals surface area contributed by atoms with E-state index >= 15 is 0 Å². The molecule has 2 aliphatic rings. The van der Waals surface area contributed by atoms with Crippen LogP contribution >= 0.6 is 24.0 Å². The van der Waals surface area contributed by atoms with E-state index in [9.17, 15) is 9.18 Å². The number of benzene rings is 1. The van der Waals surface area contributed by atoms with E-state index < -0.39 is 5.82 Å². The van der Waals surface area contributed by atoms with Crippen LogP contribution in [0.15, 0.2) is 18.2 Å². The maximum absolute atomic E-state index is 13.7. The lowest BCUT2D eigenvalue weighted by molar-refractivity contribution is -0.127. The predicted molar refractivity (Wildman–Crippen MR) is 86.9 cm³/mol. The third-order valence-corrected chi connectivity index (χ3v) is 4.72. The summed E-state index contributed by atoms with van der Waals surface area (Å²) in [5.41, 5.74) is 0.855. The zero-order chi connectivity index (χ0) is 15.0. The van der Waals surface area contributed by atoms with Crippen LogP contribution in [0.4, 0.5) is 4.39 Å². The van der Waals surface area contributed by atoms with Gasteiger partial charge in [0.25, 0.3) is 0 Å². The zero-order valence-corrected chi connectivity index (χ0v) is 13.9. The molecular formula is C15H20Cl2FN3O. The Bertz CT molecular complexity index is 554. The van der Waals surface area contributed by atoms with Gasteiger partial charge in [0, 0.05) is 25.7 Å². The van der Waals surface area contributed by atoms with Crippen LogP contribution in [0.1, 0.15) is 18.0 Å². The van der Waals surface area contributed by atoms with E-state index in [2.05, 4.69) is 15.5 Å². The van der Waals surface area contributed by atoms with Crippen LogP contribution in [-0.2, 0) is 4.79 Å². The van der Waals surface area contributed by atoms with E-state index in [1.807, 2.05) is 13.1 Å². The third kappa shape index (κ3) is 3.38. The Morgan fingerprint density at radius 2 is 2.18 bits per heavy atom. The number of hydrogen-bond donors (Lipinski definition) is 2.